The molecule has 0 aliphatic carbocycles. The molecule has 2 rings (SSSR count). The minimum Gasteiger partial charge on any atom is -0.381 e. The zero-order chi connectivity index (χ0) is 15.7. The van der Waals surface area contributed by atoms with Crippen LogP contribution in [-0.2, 0) is 31.2 Å². The van der Waals surface area contributed by atoms with Crippen LogP contribution in [0.15, 0.2) is 23.1 Å². The zero-order valence-corrected chi connectivity index (χ0v) is 13.3. The number of nitrogens with two attached hydrogens (primary N) is 1. The van der Waals surface area contributed by atoms with E-state index in [2.05, 4.69) is 0 Å². The van der Waals surface area contributed by atoms with Gasteiger partial charge in [-0.15, -0.1) is 0 Å². The van der Waals surface area contributed by atoms with Crippen molar-refractivity contribution >= 4 is 25.7 Å². The molecule has 7 nitrogen and oxygen atoms in total. The summed E-state index contributed by atoms with van der Waals surface area (Å²) in [5.74, 6) is -0.1000. The average molecular weight is 334 g/mol. The van der Waals surface area contributed by atoms with Gasteiger partial charge in [0, 0.05) is 13.2 Å². The Hall–Kier alpha value is -1.16. The summed E-state index contributed by atoms with van der Waals surface area (Å²) in [5.41, 5.74) is 1.18. The molecular weight excluding hydrogens is 316 g/mol. The Bertz CT molecular complexity index is 728. The van der Waals surface area contributed by atoms with Gasteiger partial charge >= 0.3 is 0 Å². The minimum absolute atomic E-state index is 0.00480. The molecule has 0 saturated carbocycles. The molecule has 0 amide bonds. The van der Waals surface area contributed by atoms with Crippen molar-refractivity contribution in [3.05, 3.63) is 23.8 Å². The Morgan fingerprint density at radius 1 is 1.29 bits per heavy atom. The molecule has 1 aliphatic heterocycles. The summed E-state index contributed by atoms with van der Waals surface area (Å²) < 4.78 is 53.5. The van der Waals surface area contributed by atoms with E-state index in [0.29, 0.717) is 30.8 Å². The molecule has 0 atom stereocenters. The molecular formula is C12H18N2O5S2. The van der Waals surface area contributed by atoms with Gasteiger partial charge in [0.2, 0.25) is 20.0 Å². The fourth-order valence-electron chi connectivity index (χ4n) is 2.23. The van der Waals surface area contributed by atoms with Crippen LogP contribution in [-0.4, -0.2) is 42.3 Å². The van der Waals surface area contributed by atoms with Crippen LogP contribution in [0, 0.1) is 0 Å². The third-order valence-corrected chi connectivity index (χ3v) is 5.90. The lowest BCUT2D eigenvalue weighted by Gasteiger charge is -2.19. The molecule has 1 aromatic rings. The Morgan fingerprint density at radius 2 is 2.00 bits per heavy atom. The second kappa shape index (κ2) is 5.91. The number of nitrogens with zero attached hydrogens (tertiary/aromatic N) is 1. The van der Waals surface area contributed by atoms with Gasteiger partial charge in [0.1, 0.15) is 0 Å². The first-order chi connectivity index (χ1) is 9.75. The number of primary sulfonamides is 1. The Kier molecular flexibility index (Phi) is 4.57. The minimum atomic E-state index is -3.78. The van der Waals surface area contributed by atoms with Crippen molar-refractivity contribution < 1.29 is 21.6 Å². The van der Waals surface area contributed by atoms with E-state index in [4.69, 9.17) is 9.88 Å². The smallest absolute Gasteiger partial charge is 0.238 e. The number of fused-ring (bicyclic) bond motifs is 1. The maximum absolute atomic E-state index is 12.3. The number of sulfonamides is 2. The highest BCUT2D eigenvalue weighted by Crippen LogP contribution is 2.32. The van der Waals surface area contributed by atoms with Crippen LogP contribution in [0.5, 0.6) is 0 Å². The number of hydrogen-bond donors (Lipinski definition) is 1. The number of ether oxygens (including phenoxy) is 1. The monoisotopic (exact) mass is 334 g/mol. The standard InChI is InChI=1S/C12H18N2O5S2/c1-2-19-7-8-20(15,16)14-6-5-10-9-11(21(13,17)18)3-4-12(10)14/h3-4,9H,2,5-8H2,1H3,(H2,13,17,18). The van der Waals surface area contributed by atoms with Crippen LogP contribution in [0.3, 0.4) is 0 Å². The van der Waals surface area contributed by atoms with Gasteiger partial charge in [-0.1, -0.05) is 0 Å². The van der Waals surface area contributed by atoms with Crippen LogP contribution < -0.4 is 9.44 Å². The topological polar surface area (TPSA) is 107 Å². The van der Waals surface area contributed by atoms with Gasteiger partial charge < -0.3 is 4.74 Å². The molecule has 0 bridgehead atoms. The number of rotatable bonds is 6. The highest BCUT2D eigenvalue weighted by Gasteiger charge is 2.29. The SMILES string of the molecule is CCOCCS(=O)(=O)N1CCc2cc(S(N)(=O)=O)ccc21. The molecule has 0 radical (unpaired) electrons. The first-order valence-electron chi connectivity index (χ1n) is 6.49. The van der Waals surface area contributed by atoms with Gasteiger partial charge in [0.25, 0.3) is 0 Å². The molecule has 0 fully saturated rings. The number of anilines is 1. The van der Waals surface area contributed by atoms with E-state index in [1.165, 1.54) is 22.5 Å². The predicted molar refractivity (Wildman–Crippen MR) is 79.1 cm³/mol. The zero-order valence-electron chi connectivity index (χ0n) is 11.6. The van der Waals surface area contributed by atoms with Crippen molar-refractivity contribution in [2.75, 3.05) is 29.8 Å². The van der Waals surface area contributed by atoms with Gasteiger partial charge in [0.05, 0.1) is 22.9 Å². The van der Waals surface area contributed by atoms with Gasteiger partial charge in [-0.05, 0) is 37.1 Å². The van der Waals surface area contributed by atoms with Crippen LogP contribution in [0.1, 0.15) is 12.5 Å². The van der Waals surface area contributed by atoms with Crippen molar-refractivity contribution in [3.8, 4) is 0 Å². The third-order valence-electron chi connectivity index (χ3n) is 3.26. The van der Waals surface area contributed by atoms with Crippen LogP contribution in [0.4, 0.5) is 5.69 Å². The molecule has 9 heteroatoms. The molecule has 118 valence electrons. The first-order valence-corrected chi connectivity index (χ1v) is 9.65. The molecule has 1 aliphatic rings. The second-order valence-corrected chi connectivity index (χ2v) is 8.24. The molecule has 0 unspecified atom stereocenters. The van der Waals surface area contributed by atoms with E-state index < -0.39 is 20.0 Å². The van der Waals surface area contributed by atoms with E-state index in [1.807, 2.05) is 0 Å². The van der Waals surface area contributed by atoms with Gasteiger partial charge in [-0.2, -0.15) is 0 Å². The molecule has 1 aromatic carbocycles. The maximum atomic E-state index is 12.3. The Balaban J connectivity index is 2.27. The van der Waals surface area contributed by atoms with Crippen molar-refractivity contribution in [3.63, 3.8) is 0 Å². The maximum Gasteiger partial charge on any atom is 0.238 e. The summed E-state index contributed by atoms with van der Waals surface area (Å²) >= 11 is 0. The molecule has 21 heavy (non-hydrogen) atoms. The van der Waals surface area contributed by atoms with Gasteiger partial charge in [-0.3, -0.25) is 4.31 Å². The molecule has 2 N–H and O–H groups in total. The number of benzene rings is 1. The Labute approximate surface area is 124 Å². The lowest BCUT2D eigenvalue weighted by molar-refractivity contribution is 0.163. The van der Waals surface area contributed by atoms with E-state index in [1.54, 1.807) is 6.92 Å². The molecule has 0 saturated heterocycles. The average Bonchev–Trinajstić information content (AvgIpc) is 2.81. The third kappa shape index (κ3) is 3.54. The first kappa shape index (κ1) is 16.2. The van der Waals surface area contributed by atoms with E-state index in [-0.39, 0.29) is 17.3 Å². The molecule has 1 heterocycles. The summed E-state index contributed by atoms with van der Waals surface area (Å²) in [5, 5.41) is 5.08. The predicted octanol–water partition coefficient (Wildman–Crippen LogP) is 0.0628. The highest BCUT2D eigenvalue weighted by atomic mass is 32.2. The Morgan fingerprint density at radius 3 is 2.62 bits per heavy atom. The van der Waals surface area contributed by atoms with Crippen molar-refractivity contribution in [1.29, 1.82) is 0 Å². The largest absolute Gasteiger partial charge is 0.381 e. The van der Waals surface area contributed by atoms with Crippen molar-refractivity contribution in [1.82, 2.24) is 0 Å². The fourth-order valence-corrected chi connectivity index (χ4v) is 4.19. The van der Waals surface area contributed by atoms with E-state index >= 15 is 0 Å². The highest BCUT2D eigenvalue weighted by molar-refractivity contribution is 7.92. The van der Waals surface area contributed by atoms with Crippen LogP contribution >= 0.6 is 0 Å². The fraction of sp³-hybridized carbons (Fsp3) is 0.500. The van der Waals surface area contributed by atoms with E-state index in [0.717, 1.165) is 0 Å². The van der Waals surface area contributed by atoms with Crippen molar-refractivity contribution in [2.24, 2.45) is 5.14 Å². The quantitative estimate of drug-likeness (QED) is 0.741. The summed E-state index contributed by atoms with van der Waals surface area (Å²) in [6.07, 6.45) is 0.465. The van der Waals surface area contributed by atoms with E-state index in [9.17, 15) is 16.8 Å². The lowest BCUT2D eigenvalue weighted by Crippen LogP contribution is -2.32. The lowest BCUT2D eigenvalue weighted by atomic mass is 10.2. The molecule has 0 aromatic heterocycles. The number of hydrogen-bond acceptors (Lipinski definition) is 5. The summed E-state index contributed by atoms with van der Waals surface area (Å²) in [7, 11) is -7.25. The van der Waals surface area contributed by atoms with Crippen LogP contribution in [0.2, 0.25) is 0 Å². The van der Waals surface area contributed by atoms with Gasteiger partial charge in [-0.25, -0.2) is 22.0 Å². The van der Waals surface area contributed by atoms with Crippen LogP contribution in [0.25, 0.3) is 0 Å². The summed E-state index contributed by atoms with van der Waals surface area (Å²) in [6.45, 7) is 2.70. The second-order valence-electron chi connectivity index (χ2n) is 4.67. The van der Waals surface area contributed by atoms with Crippen molar-refractivity contribution in [2.45, 2.75) is 18.2 Å². The van der Waals surface area contributed by atoms with Gasteiger partial charge in [0.15, 0.2) is 0 Å². The summed E-state index contributed by atoms with van der Waals surface area (Å²) in [6, 6.07) is 4.24. The summed E-state index contributed by atoms with van der Waals surface area (Å²) in [4.78, 5) is -0.00480. The normalized spacial score (nSPS) is 15.2. The molecule has 0 spiro atoms.